The van der Waals surface area contributed by atoms with Crippen LogP contribution in [0.4, 0.5) is 0 Å². The zero-order valence-electron chi connectivity index (χ0n) is 12.8. The molecule has 2 atom stereocenters. The van der Waals surface area contributed by atoms with E-state index in [9.17, 15) is 0 Å². The first-order valence-electron chi connectivity index (χ1n) is 6.56. The van der Waals surface area contributed by atoms with Gasteiger partial charge in [-0.3, -0.25) is 0 Å². The maximum absolute atomic E-state index is 6.41. The summed E-state index contributed by atoms with van der Waals surface area (Å²) in [7, 11) is 1.11. The number of methoxy groups -OCH3 is 1. The first-order valence-corrected chi connectivity index (χ1v) is 8.88. The third-order valence-corrected chi connectivity index (χ3v) is 8.55. The SMILES string of the molecule is CCC(C)(CC)O[Si](C)(OC)C(C)(CC)OC. The van der Waals surface area contributed by atoms with Gasteiger partial charge < -0.3 is 13.6 Å². The van der Waals surface area contributed by atoms with E-state index in [4.69, 9.17) is 13.6 Å². The van der Waals surface area contributed by atoms with Crippen LogP contribution < -0.4 is 0 Å². The van der Waals surface area contributed by atoms with Crippen molar-refractivity contribution in [2.45, 2.75) is 71.3 Å². The molecule has 0 fully saturated rings. The maximum atomic E-state index is 6.41. The van der Waals surface area contributed by atoms with Gasteiger partial charge in [-0.1, -0.05) is 20.8 Å². The number of ether oxygens (including phenoxy) is 1. The Bertz CT molecular complexity index is 225. The summed E-state index contributed by atoms with van der Waals surface area (Å²) in [5.74, 6) is 0. The number of rotatable bonds is 8. The summed E-state index contributed by atoms with van der Waals surface area (Å²) in [6.45, 7) is 12.8. The van der Waals surface area contributed by atoms with Gasteiger partial charge in [-0.15, -0.1) is 0 Å². The molecule has 2 unspecified atom stereocenters. The van der Waals surface area contributed by atoms with Crippen molar-refractivity contribution in [3.05, 3.63) is 0 Å². The molecule has 0 aliphatic rings. The van der Waals surface area contributed by atoms with Crippen LogP contribution in [0, 0.1) is 0 Å². The summed E-state index contributed by atoms with van der Waals surface area (Å²) in [6.07, 6.45) is 2.86. The summed E-state index contributed by atoms with van der Waals surface area (Å²) >= 11 is 0. The minimum Gasteiger partial charge on any atom is -0.396 e. The summed E-state index contributed by atoms with van der Waals surface area (Å²) in [4.78, 5) is 0. The van der Waals surface area contributed by atoms with E-state index in [1.807, 2.05) is 0 Å². The van der Waals surface area contributed by atoms with Crippen molar-refractivity contribution in [3.8, 4) is 0 Å². The standard InChI is InChI=1S/C13H30O3Si/c1-9-12(4,10-2)16-17(8,15-7)13(5,11-3)14-6/h9-11H2,1-8H3. The van der Waals surface area contributed by atoms with E-state index in [-0.39, 0.29) is 10.8 Å². The highest BCUT2D eigenvalue weighted by Gasteiger charge is 2.53. The molecule has 0 N–H and O–H groups in total. The van der Waals surface area contributed by atoms with Crippen LogP contribution in [0.15, 0.2) is 0 Å². The van der Waals surface area contributed by atoms with Crippen molar-refractivity contribution in [2.75, 3.05) is 14.2 Å². The molecule has 0 radical (unpaired) electrons. The van der Waals surface area contributed by atoms with Crippen molar-refractivity contribution < 1.29 is 13.6 Å². The van der Waals surface area contributed by atoms with Crippen molar-refractivity contribution in [1.29, 1.82) is 0 Å². The van der Waals surface area contributed by atoms with Crippen LogP contribution in [0.3, 0.4) is 0 Å². The molecule has 0 rings (SSSR count). The summed E-state index contributed by atoms with van der Waals surface area (Å²) < 4.78 is 17.9. The van der Waals surface area contributed by atoms with Gasteiger partial charge in [0.2, 0.25) is 0 Å². The third-order valence-electron chi connectivity index (χ3n) is 4.41. The highest BCUT2D eigenvalue weighted by molar-refractivity contribution is 6.69. The summed E-state index contributed by atoms with van der Waals surface area (Å²) in [5.41, 5.74) is -0.119. The monoisotopic (exact) mass is 262 g/mol. The zero-order valence-corrected chi connectivity index (χ0v) is 13.8. The molecule has 0 aliphatic carbocycles. The molecule has 0 aromatic carbocycles. The Hall–Kier alpha value is 0.0969. The molecule has 17 heavy (non-hydrogen) atoms. The molecule has 0 amide bonds. The average Bonchev–Trinajstić information content (AvgIpc) is 2.37. The van der Waals surface area contributed by atoms with Gasteiger partial charge in [-0.05, 0) is 39.7 Å². The van der Waals surface area contributed by atoms with Crippen LogP contribution in [-0.2, 0) is 13.6 Å². The first kappa shape index (κ1) is 17.1. The molecule has 0 bridgehead atoms. The van der Waals surface area contributed by atoms with Crippen molar-refractivity contribution in [2.24, 2.45) is 0 Å². The van der Waals surface area contributed by atoms with Crippen molar-refractivity contribution in [1.82, 2.24) is 0 Å². The zero-order chi connectivity index (χ0) is 13.7. The van der Waals surface area contributed by atoms with E-state index in [1.165, 1.54) is 0 Å². The Kier molecular flexibility index (Phi) is 6.35. The van der Waals surface area contributed by atoms with Gasteiger partial charge in [0.25, 0.3) is 0 Å². The van der Waals surface area contributed by atoms with E-state index in [1.54, 1.807) is 14.2 Å². The summed E-state index contributed by atoms with van der Waals surface area (Å²) in [6, 6.07) is 0. The van der Waals surface area contributed by atoms with Crippen LogP contribution in [0.1, 0.15) is 53.9 Å². The Morgan fingerprint density at radius 1 is 0.941 bits per heavy atom. The van der Waals surface area contributed by atoms with Gasteiger partial charge in [0.1, 0.15) is 5.22 Å². The van der Waals surface area contributed by atoms with Crippen LogP contribution in [0.5, 0.6) is 0 Å². The first-order chi connectivity index (χ1) is 7.76. The van der Waals surface area contributed by atoms with E-state index in [0.29, 0.717) is 0 Å². The smallest absolute Gasteiger partial charge is 0.367 e. The lowest BCUT2D eigenvalue weighted by Gasteiger charge is -2.45. The van der Waals surface area contributed by atoms with Gasteiger partial charge in [-0.2, -0.15) is 0 Å². The highest BCUT2D eigenvalue weighted by Crippen LogP contribution is 2.34. The normalized spacial score (nSPS) is 19.8. The maximum Gasteiger partial charge on any atom is 0.367 e. The molecule has 0 saturated carbocycles. The second-order valence-corrected chi connectivity index (χ2v) is 8.76. The Labute approximate surface area is 108 Å². The molecule has 4 heteroatoms. The minimum absolute atomic E-state index is 0.119. The molecule has 3 nitrogen and oxygen atoms in total. The van der Waals surface area contributed by atoms with Gasteiger partial charge in [0, 0.05) is 14.2 Å². The second-order valence-electron chi connectivity index (χ2n) is 5.20. The molecule has 0 saturated heterocycles. The molecule has 0 heterocycles. The van der Waals surface area contributed by atoms with Gasteiger partial charge in [0.15, 0.2) is 0 Å². The minimum atomic E-state index is -2.38. The van der Waals surface area contributed by atoms with E-state index >= 15 is 0 Å². The van der Waals surface area contributed by atoms with Crippen molar-refractivity contribution >= 4 is 8.56 Å². The van der Waals surface area contributed by atoms with Crippen LogP contribution in [0.2, 0.25) is 6.55 Å². The van der Waals surface area contributed by atoms with Crippen LogP contribution >= 0.6 is 0 Å². The Balaban J connectivity index is 5.15. The average molecular weight is 262 g/mol. The highest BCUT2D eigenvalue weighted by atomic mass is 28.4. The lowest BCUT2D eigenvalue weighted by Crippen LogP contribution is -2.62. The Morgan fingerprint density at radius 3 is 1.65 bits per heavy atom. The van der Waals surface area contributed by atoms with E-state index in [0.717, 1.165) is 19.3 Å². The number of hydrogen-bond acceptors (Lipinski definition) is 3. The fourth-order valence-corrected chi connectivity index (χ4v) is 4.85. The predicted octanol–water partition coefficient (Wildman–Crippen LogP) is 3.65. The largest absolute Gasteiger partial charge is 0.396 e. The second kappa shape index (κ2) is 6.32. The van der Waals surface area contributed by atoms with E-state index in [2.05, 4.69) is 41.2 Å². The lowest BCUT2D eigenvalue weighted by atomic mass is 10.0. The fourth-order valence-electron chi connectivity index (χ4n) is 1.88. The van der Waals surface area contributed by atoms with Gasteiger partial charge in [-0.25, -0.2) is 0 Å². The quantitative estimate of drug-likeness (QED) is 0.625. The molecular weight excluding hydrogens is 232 g/mol. The lowest BCUT2D eigenvalue weighted by molar-refractivity contribution is -0.0310. The Morgan fingerprint density at radius 2 is 1.41 bits per heavy atom. The number of hydrogen-bond donors (Lipinski definition) is 0. The molecule has 0 aliphatic heterocycles. The van der Waals surface area contributed by atoms with Crippen molar-refractivity contribution in [3.63, 3.8) is 0 Å². The molecule has 0 aromatic rings. The predicted molar refractivity (Wildman–Crippen MR) is 74.4 cm³/mol. The molecule has 104 valence electrons. The topological polar surface area (TPSA) is 27.7 Å². The third kappa shape index (κ3) is 3.53. The fraction of sp³-hybridized carbons (Fsp3) is 1.00. The molecular formula is C13H30O3Si. The molecule has 0 aromatic heterocycles. The van der Waals surface area contributed by atoms with E-state index < -0.39 is 8.56 Å². The van der Waals surface area contributed by atoms with Crippen LogP contribution in [-0.4, -0.2) is 33.6 Å². The summed E-state index contributed by atoms with van der Waals surface area (Å²) in [5, 5.41) is -0.312. The van der Waals surface area contributed by atoms with Crippen LogP contribution in [0.25, 0.3) is 0 Å². The molecule has 0 spiro atoms. The van der Waals surface area contributed by atoms with Gasteiger partial charge >= 0.3 is 8.56 Å². The van der Waals surface area contributed by atoms with Gasteiger partial charge in [0.05, 0.1) is 5.60 Å².